The number of anilines is 3. The molecule has 0 atom stereocenters. The summed E-state index contributed by atoms with van der Waals surface area (Å²) >= 11 is 5.93. The molecule has 4 rings (SSSR count). The molecule has 10 heteroatoms. The summed E-state index contributed by atoms with van der Waals surface area (Å²) in [6.45, 7) is 2.47. The quantitative estimate of drug-likeness (QED) is 0.609. The molecule has 0 saturated carbocycles. The zero-order valence-electron chi connectivity index (χ0n) is 15.2. The summed E-state index contributed by atoms with van der Waals surface area (Å²) in [7, 11) is 0. The van der Waals surface area contributed by atoms with Gasteiger partial charge in [0, 0.05) is 25.5 Å². The Balaban J connectivity index is 1.60. The molecule has 146 valence electrons. The minimum Gasteiger partial charge on any atom is -0.381 e. The van der Waals surface area contributed by atoms with Crippen molar-refractivity contribution in [2.45, 2.75) is 12.8 Å². The third-order valence-electron chi connectivity index (χ3n) is 5.03. The van der Waals surface area contributed by atoms with Gasteiger partial charge in [-0.2, -0.15) is 0 Å². The molecular weight excluding hydrogens is 380 g/mol. The number of nitrogens with zero attached hydrogens (tertiary/aromatic N) is 5. The summed E-state index contributed by atoms with van der Waals surface area (Å²) in [6, 6.07) is 1.90. The van der Waals surface area contributed by atoms with E-state index in [1.165, 1.54) is 10.7 Å². The van der Waals surface area contributed by atoms with Crippen molar-refractivity contribution in [2.24, 2.45) is 11.7 Å². The summed E-state index contributed by atoms with van der Waals surface area (Å²) in [5.74, 6) is 0.238. The Labute approximate surface area is 166 Å². The Kier molecular flexibility index (Phi) is 5.01. The fraction of sp³-hybridized carbons (Fsp3) is 0.333. The van der Waals surface area contributed by atoms with Crippen molar-refractivity contribution >= 4 is 40.3 Å². The van der Waals surface area contributed by atoms with Crippen molar-refractivity contribution < 1.29 is 4.79 Å². The molecular formula is C18H21ClN8O. The van der Waals surface area contributed by atoms with Gasteiger partial charge in [-0.1, -0.05) is 11.6 Å². The fourth-order valence-corrected chi connectivity index (χ4v) is 3.64. The van der Waals surface area contributed by atoms with Crippen molar-refractivity contribution in [3.05, 3.63) is 41.4 Å². The first-order valence-electron chi connectivity index (χ1n) is 9.06. The number of pyridine rings is 1. The van der Waals surface area contributed by atoms with E-state index in [0.717, 1.165) is 31.6 Å². The predicted molar refractivity (Wildman–Crippen MR) is 109 cm³/mol. The second kappa shape index (κ2) is 7.61. The van der Waals surface area contributed by atoms with E-state index in [0.29, 0.717) is 28.8 Å². The Morgan fingerprint density at radius 2 is 2.11 bits per heavy atom. The van der Waals surface area contributed by atoms with E-state index < -0.39 is 5.91 Å². The molecule has 1 aliphatic rings. The Hall–Kier alpha value is -2.91. The van der Waals surface area contributed by atoms with E-state index in [4.69, 9.17) is 23.1 Å². The number of nitrogens with one attached hydrogen (secondary N) is 1. The van der Waals surface area contributed by atoms with E-state index in [1.807, 2.05) is 6.07 Å². The van der Waals surface area contributed by atoms with Crippen LogP contribution >= 0.6 is 11.6 Å². The number of nitrogen functional groups attached to an aromatic ring is 1. The smallest absolute Gasteiger partial charge is 0.263 e. The SMILES string of the molecule is NCC1CCN(c2ccncc2NC(=O)c2c(N)nn3cc(Cl)cnc23)CC1. The Morgan fingerprint density at radius 1 is 1.32 bits per heavy atom. The topological polar surface area (TPSA) is 127 Å². The predicted octanol–water partition coefficient (Wildman–Crippen LogP) is 1.79. The summed E-state index contributed by atoms with van der Waals surface area (Å²) in [5.41, 5.74) is 13.8. The van der Waals surface area contributed by atoms with Gasteiger partial charge in [0.2, 0.25) is 0 Å². The molecule has 0 aromatic carbocycles. The second-order valence-corrected chi connectivity index (χ2v) is 7.25. The van der Waals surface area contributed by atoms with E-state index in [2.05, 4.69) is 25.3 Å². The second-order valence-electron chi connectivity index (χ2n) is 6.81. The van der Waals surface area contributed by atoms with Crippen molar-refractivity contribution in [1.82, 2.24) is 19.6 Å². The summed E-state index contributed by atoms with van der Waals surface area (Å²) in [4.78, 5) is 23.5. The average molecular weight is 401 g/mol. The minimum atomic E-state index is -0.395. The third-order valence-corrected chi connectivity index (χ3v) is 5.23. The van der Waals surface area contributed by atoms with Crippen molar-refractivity contribution in [3.8, 4) is 0 Å². The van der Waals surface area contributed by atoms with E-state index >= 15 is 0 Å². The number of halogens is 1. The molecule has 4 heterocycles. The van der Waals surface area contributed by atoms with Crippen LogP contribution < -0.4 is 21.7 Å². The van der Waals surface area contributed by atoms with Crippen molar-refractivity contribution in [3.63, 3.8) is 0 Å². The van der Waals surface area contributed by atoms with Gasteiger partial charge in [0.15, 0.2) is 11.5 Å². The van der Waals surface area contributed by atoms with E-state index in [9.17, 15) is 4.79 Å². The molecule has 0 aliphatic carbocycles. The van der Waals surface area contributed by atoms with Crippen LogP contribution in [0.1, 0.15) is 23.2 Å². The molecule has 9 nitrogen and oxygen atoms in total. The number of piperidine rings is 1. The van der Waals surface area contributed by atoms with Gasteiger partial charge >= 0.3 is 0 Å². The van der Waals surface area contributed by atoms with Crippen LogP contribution in [0.3, 0.4) is 0 Å². The van der Waals surface area contributed by atoms with Crippen LogP contribution in [0.2, 0.25) is 5.02 Å². The zero-order valence-corrected chi connectivity index (χ0v) is 15.9. The lowest BCUT2D eigenvalue weighted by Gasteiger charge is -2.34. The zero-order chi connectivity index (χ0) is 19.7. The molecule has 0 bridgehead atoms. The first kappa shape index (κ1) is 18.5. The summed E-state index contributed by atoms with van der Waals surface area (Å²) in [5, 5.41) is 7.42. The largest absolute Gasteiger partial charge is 0.381 e. The molecule has 28 heavy (non-hydrogen) atoms. The summed E-state index contributed by atoms with van der Waals surface area (Å²) in [6.07, 6.45) is 8.40. The molecule has 0 unspecified atom stereocenters. The Bertz CT molecular complexity index is 1010. The number of aromatic nitrogens is 4. The number of carbonyl (C=O) groups is 1. The van der Waals surface area contributed by atoms with Gasteiger partial charge in [0.1, 0.15) is 5.56 Å². The van der Waals surface area contributed by atoms with Crippen LogP contribution in [0.4, 0.5) is 17.2 Å². The lowest BCUT2D eigenvalue weighted by molar-refractivity contribution is 0.102. The highest BCUT2D eigenvalue weighted by molar-refractivity contribution is 6.30. The van der Waals surface area contributed by atoms with Crippen LogP contribution in [0.5, 0.6) is 0 Å². The van der Waals surface area contributed by atoms with Crippen LogP contribution in [0, 0.1) is 5.92 Å². The highest BCUT2D eigenvalue weighted by Gasteiger charge is 2.23. The highest BCUT2D eigenvalue weighted by atomic mass is 35.5. The maximum absolute atomic E-state index is 12.9. The minimum absolute atomic E-state index is 0.0847. The standard InChI is InChI=1S/C18H21ClN8O/c19-12-8-23-17-15(16(21)25-27(17)10-12)18(28)24-13-9-22-4-1-14(13)26-5-2-11(7-20)3-6-26/h1,4,8-11H,2-3,5-7,20H2,(H2,21,25)(H,24,28). The van der Waals surface area contributed by atoms with E-state index in [1.54, 1.807) is 18.6 Å². The maximum Gasteiger partial charge on any atom is 0.263 e. The molecule has 3 aromatic rings. The monoisotopic (exact) mass is 400 g/mol. The van der Waals surface area contributed by atoms with Gasteiger partial charge in [-0.3, -0.25) is 9.78 Å². The number of carbonyl (C=O) groups excluding carboxylic acids is 1. The number of amides is 1. The average Bonchev–Trinajstić information content (AvgIpc) is 3.03. The lowest BCUT2D eigenvalue weighted by atomic mass is 9.97. The molecule has 1 amide bonds. The van der Waals surface area contributed by atoms with Crippen molar-refractivity contribution in [1.29, 1.82) is 0 Å². The van der Waals surface area contributed by atoms with E-state index in [-0.39, 0.29) is 11.4 Å². The number of fused-ring (bicyclic) bond motifs is 1. The first-order valence-corrected chi connectivity index (χ1v) is 9.44. The molecule has 3 aromatic heterocycles. The first-order chi connectivity index (χ1) is 13.6. The summed E-state index contributed by atoms with van der Waals surface area (Å²) < 4.78 is 1.40. The highest BCUT2D eigenvalue weighted by Crippen LogP contribution is 2.30. The van der Waals surface area contributed by atoms with Gasteiger partial charge in [0.25, 0.3) is 5.91 Å². The van der Waals surface area contributed by atoms with Gasteiger partial charge in [-0.15, -0.1) is 5.10 Å². The normalized spacial score (nSPS) is 15.1. The van der Waals surface area contributed by atoms with Crippen LogP contribution in [-0.2, 0) is 0 Å². The van der Waals surface area contributed by atoms with Crippen LogP contribution in [-0.4, -0.2) is 45.1 Å². The third kappa shape index (κ3) is 3.46. The van der Waals surface area contributed by atoms with Crippen LogP contribution in [0.15, 0.2) is 30.9 Å². The molecule has 0 radical (unpaired) electrons. The van der Waals surface area contributed by atoms with Gasteiger partial charge in [0.05, 0.1) is 28.8 Å². The van der Waals surface area contributed by atoms with Gasteiger partial charge in [-0.05, 0) is 31.4 Å². The van der Waals surface area contributed by atoms with Gasteiger partial charge in [-0.25, -0.2) is 9.50 Å². The molecule has 1 aliphatic heterocycles. The van der Waals surface area contributed by atoms with Crippen molar-refractivity contribution in [2.75, 3.05) is 35.6 Å². The number of hydrogen-bond donors (Lipinski definition) is 3. The molecule has 5 N–H and O–H groups in total. The van der Waals surface area contributed by atoms with Crippen LogP contribution in [0.25, 0.3) is 5.65 Å². The molecule has 1 saturated heterocycles. The number of hydrogen-bond acceptors (Lipinski definition) is 7. The fourth-order valence-electron chi connectivity index (χ4n) is 3.50. The lowest BCUT2D eigenvalue weighted by Crippen LogP contribution is -2.36. The van der Waals surface area contributed by atoms with Gasteiger partial charge < -0.3 is 21.7 Å². The Morgan fingerprint density at radius 3 is 2.86 bits per heavy atom. The molecule has 0 spiro atoms. The molecule has 1 fully saturated rings. The number of rotatable bonds is 4. The number of nitrogens with two attached hydrogens (primary N) is 2. The maximum atomic E-state index is 12.9.